The lowest BCUT2D eigenvalue weighted by Crippen LogP contribution is -1.93. The van der Waals surface area contributed by atoms with Crippen molar-refractivity contribution in [3.05, 3.63) is 115 Å². The number of fused-ring (bicyclic) bond motifs is 12. The van der Waals surface area contributed by atoms with Crippen LogP contribution in [0.15, 0.2) is 120 Å². The molecular formula is C34H19NOS. The lowest BCUT2D eigenvalue weighted by Gasteiger charge is -2.09. The number of nitrogens with zero attached hydrogens (tertiary/aromatic N) is 1. The van der Waals surface area contributed by atoms with Gasteiger partial charge in [-0.2, -0.15) is 0 Å². The van der Waals surface area contributed by atoms with E-state index in [1.54, 1.807) is 0 Å². The monoisotopic (exact) mass is 489 g/mol. The van der Waals surface area contributed by atoms with Crippen LogP contribution in [0.1, 0.15) is 0 Å². The number of rotatable bonds is 1. The van der Waals surface area contributed by atoms with E-state index in [0.29, 0.717) is 0 Å². The first kappa shape index (κ1) is 19.6. The summed E-state index contributed by atoms with van der Waals surface area (Å²) < 4.78 is 11.3. The summed E-state index contributed by atoms with van der Waals surface area (Å²) in [5.74, 6) is 0. The molecule has 0 amide bonds. The van der Waals surface area contributed by atoms with Crippen molar-refractivity contribution in [2.75, 3.05) is 0 Å². The minimum absolute atomic E-state index is 0.920. The first-order valence-electron chi connectivity index (χ1n) is 12.5. The molecule has 0 aliphatic rings. The smallest absolute Gasteiger partial charge is 0.135 e. The molecule has 3 heterocycles. The average Bonchev–Trinajstić information content (AvgIpc) is 3.62. The van der Waals surface area contributed by atoms with Gasteiger partial charge in [-0.1, -0.05) is 78.9 Å². The minimum atomic E-state index is 0.920. The van der Waals surface area contributed by atoms with Crippen molar-refractivity contribution in [3.8, 4) is 5.69 Å². The fourth-order valence-electron chi connectivity index (χ4n) is 6.17. The Labute approximate surface area is 215 Å². The SMILES string of the molecule is c1ccc2c(c1)ccc1c2c2ccc3c4ccccc4sc3c2n1-c1ccc2oc3ccccc3c2c1. The van der Waals surface area contributed by atoms with Crippen LogP contribution in [-0.2, 0) is 0 Å². The van der Waals surface area contributed by atoms with Gasteiger partial charge in [-0.3, -0.25) is 0 Å². The molecule has 0 saturated carbocycles. The van der Waals surface area contributed by atoms with Crippen molar-refractivity contribution >= 4 is 86.0 Å². The second-order valence-electron chi connectivity index (χ2n) is 9.73. The number of para-hydroxylation sites is 1. The molecule has 0 atom stereocenters. The maximum atomic E-state index is 6.16. The molecule has 0 radical (unpaired) electrons. The molecule has 172 valence electrons. The summed E-state index contributed by atoms with van der Waals surface area (Å²) >= 11 is 1.89. The van der Waals surface area contributed by atoms with Gasteiger partial charge in [0.15, 0.2) is 0 Å². The fraction of sp³-hybridized carbons (Fsp3) is 0. The Morgan fingerprint density at radius 3 is 2.24 bits per heavy atom. The number of hydrogen-bond donors (Lipinski definition) is 0. The number of benzene rings is 6. The molecule has 2 nitrogen and oxygen atoms in total. The third kappa shape index (κ3) is 2.54. The van der Waals surface area contributed by atoms with E-state index in [-0.39, 0.29) is 0 Å². The number of aromatic nitrogens is 1. The summed E-state index contributed by atoms with van der Waals surface area (Å²) in [6.07, 6.45) is 0. The molecule has 3 aromatic heterocycles. The van der Waals surface area contributed by atoms with E-state index in [9.17, 15) is 0 Å². The molecule has 37 heavy (non-hydrogen) atoms. The topological polar surface area (TPSA) is 18.1 Å². The van der Waals surface area contributed by atoms with Crippen LogP contribution in [0.2, 0.25) is 0 Å². The Hall–Kier alpha value is -4.60. The highest BCUT2D eigenvalue weighted by Crippen LogP contribution is 2.45. The molecule has 0 spiro atoms. The summed E-state index contributed by atoms with van der Waals surface area (Å²) in [5, 5.41) is 10.1. The van der Waals surface area contributed by atoms with Crippen LogP contribution < -0.4 is 0 Å². The maximum Gasteiger partial charge on any atom is 0.135 e. The van der Waals surface area contributed by atoms with Crippen LogP contribution in [0.5, 0.6) is 0 Å². The molecule has 0 N–H and O–H groups in total. The Morgan fingerprint density at radius 2 is 1.30 bits per heavy atom. The minimum Gasteiger partial charge on any atom is -0.456 e. The maximum absolute atomic E-state index is 6.16. The Morgan fingerprint density at radius 1 is 0.541 bits per heavy atom. The zero-order valence-electron chi connectivity index (χ0n) is 19.7. The highest BCUT2D eigenvalue weighted by atomic mass is 32.1. The molecule has 3 heteroatoms. The quantitative estimate of drug-likeness (QED) is 0.224. The van der Waals surface area contributed by atoms with E-state index in [4.69, 9.17) is 4.42 Å². The molecule has 9 rings (SSSR count). The van der Waals surface area contributed by atoms with Crippen molar-refractivity contribution < 1.29 is 4.42 Å². The normalized spacial score (nSPS) is 12.3. The molecule has 0 aliphatic carbocycles. The lowest BCUT2D eigenvalue weighted by molar-refractivity contribution is 0.669. The molecule has 0 unspecified atom stereocenters. The van der Waals surface area contributed by atoms with Gasteiger partial charge in [0, 0.05) is 42.7 Å². The summed E-state index contributed by atoms with van der Waals surface area (Å²) in [4.78, 5) is 0. The summed E-state index contributed by atoms with van der Waals surface area (Å²) in [6.45, 7) is 0. The van der Waals surface area contributed by atoms with Crippen LogP contribution in [-0.4, -0.2) is 4.57 Å². The predicted molar refractivity (Wildman–Crippen MR) is 158 cm³/mol. The highest BCUT2D eigenvalue weighted by Gasteiger charge is 2.20. The summed E-state index contributed by atoms with van der Waals surface area (Å²) in [7, 11) is 0. The van der Waals surface area contributed by atoms with Gasteiger partial charge in [-0.15, -0.1) is 11.3 Å². The molecular weight excluding hydrogens is 470 g/mol. The first-order valence-corrected chi connectivity index (χ1v) is 13.3. The summed E-state index contributed by atoms with van der Waals surface area (Å²) in [6, 6.07) is 41.6. The van der Waals surface area contributed by atoms with Crippen LogP contribution in [0.4, 0.5) is 0 Å². The zero-order chi connectivity index (χ0) is 24.1. The Kier molecular flexibility index (Phi) is 3.70. The highest BCUT2D eigenvalue weighted by molar-refractivity contribution is 7.26. The van der Waals surface area contributed by atoms with Gasteiger partial charge in [0.2, 0.25) is 0 Å². The van der Waals surface area contributed by atoms with Crippen LogP contribution in [0.25, 0.3) is 80.4 Å². The number of hydrogen-bond acceptors (Lipinski definition) is 2. The Bertz CT molecular complexity index is 2370. The van der Waals surface area contributed by atoms with Gasteiger partial charge >= 0.3 is 0 Å². The zero-order valence-corrected chi connectivity index (χ0v) is 20.5. The van der Waals surface area contributed by atoms with Gasteiger partial charge in [0.1, 0.15) is 11.2 Å². The second-order valence-corrected chi connectivity index (χ2v) is 10.8. The molecule has 0 fully saturated rings. The van der Waals surface area contributed by atoms with Crippen molar-refractivity contribution in [1.82, 2.24) is 4.57 Å². The predicted octanol–water partition coefficient (Wildman–Crippen LogP) is 10.2. The molecule has 0 aliphatic heterocycles. The van der Waals surface area contributed by atoms with Crippen LogP contribution >= 0.6 is 11.3 Å². The third-order valence-corrected chi connectivity index (χ3v) is 8.97. The lowest BCUT2D eigenvalue weighted by atomic mass is 10.0. The van der Waals surface area contributed by atoms with Gasteiger partial charge in [-0.25, -0.2) is 0 Å². The number of thiophene rings is 1. The average molecular weight is 490 g/mol. The fourth-order valence-corrected chi connectivity index (χ4v) is 7.41. The molecule has 0 saturated heterocycles. The van der Waals surface area contributed by atoms with Crippen molar-refractivity contribution in [3.63, 3.8) is 0 Å². The van der Waals surface area contributed by atoms with Crippen LogP contribution in [0.3, 0.4) is 0 Å². The first-order chi connectivity index (χ1) is 18.3. The van der Waals surface area contributed by atoms with E-state index in [1.807, 2.05) is 23.5 Å². The van der Waals surface area contributed by atoms with E-state index in [1.165, 1.54) is 52.8 Å². The van der Waals surface area contributed by atoms with E-state index in [2.05, 4.69) is 108 Å². The van der Waals surface area contributed by atoms with Crippen molar-refractivity contribution in [1.29, 1.82) is 0 Å². The largest absolute Gasteiger partial charge is 0.456 e. The number of furan rings is 1. The van der Waals surface area contributed by atoms with Crippen molar-refractivity contribution in [2.45, 2.75) is 0 Å². The van der Waals surface area contributed by atoms with Crippen LogP contribution in [0, 0.1) is 0 Å². The summed E-state index contributed by atoms with van der Waals surface area (Å²) in [5.41, 5.74) is 5.50. The Balaban J connectivity index is 1.52. The van der Waals surface area contributed by atoms with Crippen molar-refractivity contribution in [2.24, 2.45) is 0 Å². The van der Waals surface area contributed by atoms with E-state index < -0.39 is 0 Å². The van der Waals surface area contributed by atoms with Gasteiger partial charge in [0.25, 0.3) is 0 Å². The van der Waals surface area contributed by atoms with Gasteiger partial charge < -0.3 is 8.98 Å². The third-order valence-electron chi connectivity index (χ3n) is 7.78. The molecule has 6 aromatic carbocycles. The van der Waals surface area contributed by atoms with E-state index in [0.717, 1.165) is 27.6 Å². The van der Waals surface area contributed by atoms with Gasteiger partial charge in [0.05, 0.1) is 15.7 Å². The second kappa shape index (κ2) is 7.00. The van der Waals surface area contributed by atoms with Gasteiger partial charge in [-0.05, 0) is 47.2 Å². The molecule has 0 bridgehead atoms. The standard InChI is InChI=1S/C34H19NOS/c1-2-8-22-20(7-1)13-17-28-32(22)26-16-15-25-24-10-4-6-12-31(24)37-34(25)33(26)35(28)21-14-18-30-27(19-21)23-9-3-5-11-29(23)36-30/h1-19H. The van der Waals surface area contributed by atoms with E-state index >= 15 is 0 Å². The molecule has 9 aromatic rings.